The van der Waals surface area contributed by atoms with Crippen LogP contribution < -0.4 is 4.90 Å². The Hall–Kier alpha value is -1.87. The Morgan fingerprint density at radius 2 is 1.68 bits per heavy atom. The first kappa shape index (κ1) is 12.2. The van der Waals surface area contributed by atoms with E-state index in [2.05, 4.69) is 78.1 Å². The van der Waals surface area contributed by atoms with Gasteiger partial charge in [0.1, 0.15) is 5.82 Å². The first-order chi connectivity index (χ1) is 9.25. The maximum Gasteiger partial charge on any atom is 0.113 e. The quantitative estimate of drug-likeness (QED) is 0.704. The molecule has 1 aromatic carbocycles. The van der Waals surface area contributed by atoms with Gasteiger partial charge in [-0.2, -0.15) is 0 Å². The Morgan fingerprint density at radius 3 is 2.42 bits per heavy atom. The highest BCUT2D eigenvalue weighted by Gasteiger charge is 2.10. The molecule has 0 saturated carbocycles. The Bertz CT molecular complexity index is 686. The van der Waals surface area contributed by atoms with Gasteiger partial charge in [-0.1, -0.05) is 36.0 Å². The van der Waals surface area contributed by atoms with Gasteiger partial charge in [0, 0.05) is 30.1 Å². The molecule has 0 aliphatic heterocycles. The van der Waals surface area contributed by atoms with Gasteiger partial charge in [-0.25, -0.2) is 0 Å². The zero-order valence-electron chi connectivity index (χ0n) is 11.1. The lowest BCUT2D eigenvalue weighted by Gasteiger charge is -2.11. The molecule has 0 fully saturated rings. The lowest BCUT2D eigenvalue weighted by Crippen LogP contribution is -2.10. The Labute approximate surface area is 117 Å². The van der Waals surface area contributed by atoms with E-state index in [-0.39, 0.29) is 0 Å². The van der Waals surface area contributed by atoms with Gasteiger partial charge < -0.3 is 9.30 Å². The molecule has 0 bridgehead atoms. The molecule has 2 nitrogen and oxygen atoms in total. The van der Waals surface area contributed by atoms with E-state index in [0.29, 0.717) is 0 Å². The molecule has 96 valence electrons. The normalized spacial score (nSPS) is 10.8. The first-order valence-corrected chi connectivity index (χ1v) is 7.07. The van der Waals surface area contributed by atoms with Crippen LogP contribution in [0.1, 0.15) is 0 Å². The number of aromatic nitrogens is 1. The van der Waals surface area contributed by atoms with Gasteiger partial charge in [0.05, 0.1) is 5.52 Å². The van der Waals surface area contributed by atoms with E-state index in [0.717, 1.165) is 0 Å². The molecule has 3 aromatic rings. The van der Waals surface area contributed by atoms with Crippen LogP contribution in [0.2, 0.25) is 0 Å². The molecule has 0 aliphatic carbocycles. The lowest BCUT2D eigenvalue weighted by molar-refractivity contribution is 1.04. The molecular formula is C16H16N2S. The number of benzene rings is 1. The molecule has 3 rings (SSSR count). The molecule has 2 aromatic heterocycles. The second-order valence-corrected chi connectivity index (χ2v) is 5.75. The molecule has 0 radical (unpaired) electrons. The van der Waals surface area contributed by atoms with Gasteiger partial charge in [-0.05, 0) is 30.3 Å². The molecule has 0 amide bonds. The van der Waals surface area contributed by atoms with E-state index in [1.54, 1.807) is 0 Å². The van der Waals surface area contributed by atoms with Gasteiger partial charge >= 0.3 is 0 Å². The molecule has 0 unspecified atom stereocenters. The fraction of sp³-hybridized carbons (Fsp3) is 0.125. The zero-order chi connectivity index (χ0) is 13.2. The highest BCUT2D eigenvalue weighted by Crippen LogP contribution is 2.35. The van der Waals surface area contributed by atoms with E-state index in [1.165, 1.54) is 21.1 Å². The molecule has 2 heterocycles. The van der Waals surface area contributed by atoms with Crippen LogP contribution in [0.25, 0.3) is 5.52 Å². The van der Waals surface area contributed by atoms with Crippen molar-refractivity contribution < 1.29 is 0 Å². The Kier molecular flexibility index (Phi) is 3.22. The summed E-state index contributed by atoms with van der Waals surface area (Å²) < 4.78 is 2.23. The highest BCUT2D eigenvalue weighted by molar-refractivity contribution is 7.99. The number of hydrogen-bond donors (Lipinski definition) is 0. The Morgan fingerprint density at radius 1 is 0.947 bits per heavy atom. The smallest absolute Gasteiger partial charge is 0.113 e. The minimum Gasteiger partial charge on any atom is -0.364 e. The van der Waals surface area contributed by atoms with Crippen molar-refractivity contribution in [3.8, 4) is 0 Å². The average molecular weight is 268 g/mol. The maximum absolute atomic E-state index is 2.24. The average Bonchev–Trinajstić information content (AvgIpc) is 2.79. The molecular weight excluding hydrogens is 252 g/mol. The third kappa shape index (κ3) is 2.34. The van der Waals surface area contributed by atoms with E-state index in [1.807, 2.05) is 17.8 Å². The summed E-state index contributed by atoms with van der Waals surface area (Å²) in [7, 11) is 4.15. The van der Waals surface area contributed by atoms with Crippen molar-refractivity contribution in [3.05, 3.63) is 60.8 Å². The van der Waals surface area contributed by atoms with Crippen molar-refractivity contribution in [2.45, 2.75) is 9.79 Å². The van der Waals surface area contributed by atoms with Gasteiger partial charge in [0.25, 0.3) is 0 Å². The van der Waals surface area contributed by atoms with Gasteiger partial charge in [-0.15, -0.1) is 0 Å². The minimum atomic E-state index is 1.20. The van der Waals surface area contributed by atoms with Crippen molar-refractivity contribution in [1.29, 1.82) is 0 Å². The van der Waals surface area contributed by atoms with Gasteiger partial charge in [-0.3, -0.25) is 0 Å². The second-order valence-electron chi connectivity index (χ2n) is 4.63. The number of nitrogens with zero attached hydrogens (tertiary/aromatic N) is 2. The second kappa shape index (κ2) is 5.02. The molecule has 0 aliphatic rings. The largest absolute Gasteiger partial charge is 0.364 e. The van der Waals surface area contributed by atoms with Crippen LogP contribution in [0.4, 0.5) is 5.82 Å². The van der Waals surface area contributed by atoms with Crippen LogP contribution in [0.3, 0.4) is 0 Å². The summed E-state index contributed by atoms with van der Waals surface area (Å²) in [5, 5.41) is 0. The lowest BCUT2D eigenvalue weighted by atomic mass is 10.4. The van der Waals surface area contributed by atoms with Crippen molar-refractivity contribution in [2.75, 3.05) is 19.0 Å². The maximum atomic E-state index is 2.24. The van der Waals surface area contributed by atoms with E-state index in [9.17, 15) is 0 Å². The SMILES string of the molecule is CN(C)c1cc(Sc2ccccc2)c2ccccn12. The molecule has 3 heteroatoms. The number of hydrogen-bond acceptors (Lipinski definition) is 2. The highest BCUT2D eigenvalue weighted by atomic mass is 32.2. The standard InChI is InChI=1S/C16H16N2S/c1-17(2)16-12-15(14-10-6-7-11-18(14)16)19-13-8-4-3-5-9-13/h3-12H,1-2H3. The summed E-state index contributed by atoms with van der Waals surface area (Å²) >= 11 is 1.81. The van der Waals surface area contributed by atoms with Gasteiger partial charge in [0.2, 0.25) is 0 Å². The molecule has 0 saturated heterocycles. The summed E-state index contributed by atoms with van der Waals surface area (Å²) in [6, 6.07) is 19.1. The van der Waals surface area contributed by atoms with Crippen LogP contribution in [-0.4, -0.2) is 18.5 Å². The van der Waals surface area contributed by atoms with Crippen LogP contribution in [-0.2, 0) is 0 Å². The molecule has 0 atom stereocenters. The van der Waals surface area contributed by atoms with Crippen molar-refractivity contribution in [1.82, 2.24) is 4.40 Å². The van der Waals surface area contributed by atoms with Gasteiger partial charge in [0.15, 0.2) is 0 Å². The predicted molar refractivity (Wildman–Crippen MR) is 82.3 cm³/mol. The summed E-state index contributed by atoms with van der Waals surface area (Å²) in [5.41, 5.74) is 1.25. The van der Waals surface area contributed by atoms with Crippen LogP contribution in [0.15, 0.2) is 70.6 Å². The fourth-order valence-electron chi connectivity index (χ4n) is 2.15. The first-order valence-electron chi connectivity index (χ1n) is 6.26. The summed E-state index contributed by atoms with van der Waals surface area (Å²) in [4.78, 5) is 4.70. The number of fused-ring (bicyclic) bond motifs is 1. The van der Waals surface area contributed by atoms with E-state index >= 15 is 0 Å². The van der Waals surface area contributed by atoms with E-state index < -0.39 is 0 Å². The number of pyridine rings is 1. The van der Waals surface area contributed by atoms with Crippen LogP contribution >= 0.6 is 11.8 Å². The van der Waals surface area contributed by atoms with Crippen LogP contribution in [0.5, 0.6) is 0 Å². The third-order valence-electron chi connectivity index (χ3n) is 3.05. The molecule has 0 N–H and O–H groups in total. The third-order valence-corrected chi connectivity index (χ3v) is 4.10. The zero-order valence-corrected chi connectivity index (χ0v) is 11.9. The van der Waals surface area contributed by atoms with Crippen LogP contribution in [0, 0.1) is 0 Å². The summed E-state index contributed by atoms with van der Waals surface area (Å²) in [5.74, 6) is 1.20. The molecule has 19 heavy (non-hydrogen) atoms. The number of anilines is 1. The van der Waals surface area contributed by atoms with Crippen molar-refractivity contribution in [3.63, 3.8) is 0 Å². The number of rotatable bonds is 3. The predicted octanol–water partition coefficient (Wildman–Crippen LogP) is 4.16. The monoisotopic (exact) mass is 268 g/mol. The fourth-order valence-corrected chi connectivity index (χ4v) is 3.13. The molecule has 0 spiro atoms. The summed E-state index contributed by atoms with van der Waals surface area (Å²) in [6.07, 6.45) is 2.11. The Balaban J connectivity index is 2.09. The minimum absolute atomic E-state index is 1.20. The van der Waals surface area contributed by atoms with Crippen molar-refractivity contribution in [2.24, 2.45) is 0 Å². The van der Waals surface area contributed by atoms with E-state index in [4.69, 9.17) is 0 Å². The topological polar surface area (TPSA) is 7.65 Å². The summed E-state index contributed by atoms with van der Waals surface area (Å²) in [6.45, 7) is 0. The van der Waals surface area contributed by atoms with Crippen molar-refractivity contribution >= 4 is 23.1 Å².